The first-order chi connectivity index (χ1) is 11.6. The zero-order chi connectivity index (χ0) is 17.1. The Kier molecular flexibility index (Phi) is 5.04. The number of nitrogens with zero attached hydrogens (tertiary/aromatic N) is 3. The van der Waals surface area contributed by atoms with E-state index in [-0.39, 0.29) is 5.82 Å². The van der Waals surface area contributed by atoms with Crippen LogP contribution in [0.5, 0.6) is 5.88 Å². The summed E-state index contributed by atoms with van der Waals surface area (Å²) in [5.74, 6) is 1.23. The van der Waals surface area contributed by atoms with Crippen molar-refractivity contribution < 1.29 is 9.13 Å². The second kappa shape index (κ2) is 7.21. The van der Waals surface area contributed by atoms with Gasteiger partial charge in [-0.1, -0.05) is 0 Å². The molecule has 5 nitrogen and oxygen atoms in total. The van der Waals surface area contributed by atoms with Crippen LogP contribution in [0.25, 0.3) is 0 Å². The standard InChI is InChI=1S/C18H25FN4O/c1-13-17(18(24-3)22(2)21-13)11-20-10-14-8-9-23(12-14)16-6-4-15(19)5-7-16/h4-7,14,20H,8-12H2,1-3H3. The largest absolute Gasteiger partial charge is 0.481 e. The van der Waals surface area contributed by atoms with Crippen molar-refractivity contribution in [2.45, 2.75) is 19.9 Å². The lowest BCUT2D eigenvalue weighted by molar-refractivity contribution is 0.367. The topological polar surface area (TPSA) is 42.3 Å². The molecule has 2 heterocycles. The first kappa shape index (κ1) is 16.8. The summed E-state index contributed by atoms with van der Waals surface area (Å²) in [4.78, 5) is 2.32. The van der Waals surface area contributed by atoms with Crippen molar-refractivity contribution in [2.24, 2.45) is 13.0 Å². The smallest absolute Gasteiger partial charge is 0.216 e. The molecule has 1 aromatic heterocycles. The van der Waals surface area contributed by atoms with Gasteiger partial charge >= 0.3 is 0 Å². The van der Waals surface area contributed by atoms with Gasteiger partial charge in [-0.2, -0.15) is 5.10 Å². The van der Waals surface area contributed by atoms with Crippen LogP contribution in [0.3, 0.4) is 0 Å². The summed E-state index contributed by atoms with van der Waals surface area (Å²) in [6.07, 6.45) is 1.15. The normalized spacial score (nSPS) is 17.5. The minimum absolute atomic E-state index is 0.183. The van der Waals surface area contributed by atoms with E-state index >= 15 is 0 Å². The van der Waals surface area contributed by atoms with Crippen molar-refractivity contribution in [2.75, 3.05) is 31.6 Å². The van der Waals surface area contributed by atoms with E-state index in [1.165, 1.54) is 12.1 Å². The van der Waals surface area contributed by atoms with Gasteiger partial charge in [0.1, 0.15) is 5.82 Å². The Hall–Kier alpha value is -2.08. The summed E-state index contributed by atoms with van der Waals surface area (Å²) in [5.41, 5.74) is 3.22. The summed E-state index contributed by atoms with van der Waals surface area (Å²) < 4.78 is 20.2. The van der Waals surface area contributed by atoms with Crippen LogP contribution < -0.4 is 15.0 Å². The van der Waals surface area contributed by atoms with Gasteiger partial charge in [-0.15, -0.1) is 0 Å². The molecular formula is C18H25FN4O. The molecular weight excluding hydrogens is 307 g/mol. The Morgan fingerprint density at radius 2 is 2.08 bits per heavy atom. The third-order valence-corrected chi connectivity index (χ3v) is 4.69. The molecule has 1 aliphatic rings. The number of halogens is 1. The number of benzene rings is 1. The maximum absolute atomic E-state index is 13.0. The quantitative estimate of drug-likeness (QED) is 0.882. The summed E-state index contributed by atoms with van der Waals surface area (Å²) in [5, 5.41) is 7.94. The third kappa shape index (κ3) is 3.53. The summed E-state index contributed by atoms with van der Waals surface area (Å²) in [7, 11) is 3.57. The number of hydrogen-bond acceptors (Lipinski definition) is 4. The van der Waals surface area contributed by atoms with Crippen LogP contribution in [0.15, 0.2) is 24.3 Å². The number of hydrogen-bond donors (Lipinski definition) is 1. The number of anilines is 1. The van der Waals surface area contributed by atoms with E-state index in [0.717, 1.165) is 55.4 Å². The molecule has 1 saturated heterocycles. The first-order valence-corrected chi connectivity index (χ1v) is 8.36. The number of nitrogens with one attached hydrogen (secondary N) is 1. The average Bonchev–Trinajstić information content (AvgIpc) is 3.13. The van der Waals surface area contributed by atoms with Gasteiger partial charge < -0.3 is 15.0 Å². The van der Waals surface area contributed by atoms with E-state index in [0.29, 0.717) is 5.92 Å². The maximum Gasteiger partial charge on any atom is 0.216 e. The first-order valence-electron chi connectivity index (χ1n) is 8.36. The molecule has 1 aliphatic heterocycles. The number of rotatable bonds is 6. The zero-order valence-corrected chi connectivity index (χ0v) is 14.6. The fraction of sp³-hybridized carbons (Fsp3) is 0.500. The van der Waals surface area contributed by atoms with E-state index in [9.17, 15) is 4.39 Å². The molecule has 3 rings (SSSR count). The molecule has 24 heavy (non-hydrogen) atoms. The van der Waals surface area contributed by atoms with E-state index in [2.05, 4.69) is 15.3 Å². The number of ether oxygens (including phenoxy) is 1. The SMILES string of the molecule is COc1c(CNCC2CCN(c3ccc(F)cc3)C2)c(C)nn1C. The van der Waals surface area contributed by atoms with Crippen LogP contribution >= 0.6 is 0 Å². The predicted molar refractivity (Wildman–Crippen MR) is 92.9 cm³/mol. The molecule has 1 fully saturated rings. The Bertz CT molecular complexity index is 683. The van der Waals surface area contributed by atoms with Crippen LogP contribution in [-0.4, -0.2) is 36.5 Å². The van der Waals surface area contributed by atoms with Crippen molar-refractivity contribution in [1.82, 2.24) is 15.1 Å². The highest BCUT2D eigenvalue weighted by Gasteiger charge is 2.23. The molecule has 0 spiro atoms. The molecule has 1 atom stereocenters. The van der Waals surface area contributed by atoms with Gasteiger partial charge in [-0.3, -0.25) is 0 Å². The molecule has 0 saturated carbocycles. The van der Waals surface area contributed by atoms with Crippen LogP contribution in [0.4, 0.5) is 10.1 Å². The predicted octanol–water partition coefficient (Wildman–Crippen LogP) is 2.49. The fourth-order valence-electron chi connectivity index (χ4n) is 3.43. The number of methoxy groups -OCH3 is 1. The Morgan fingerprint density at radius 1 is 1.33 bits per heavy atom. The molecule has 1 N–H and O–H groups in total. The summed E-state index contributed by atoms with van der Waals surface area (Å²) in [6, 6.07) is 6.76. The van der Waals surface area contributed by atoms with Crippen molar-refractivity contribution >= 4 is 5.69 Å². The van der Waals surface area contributed by atoms with E-state index in [1.54, 1.807) is 11.8 Å². The van der Waals surface area contributed by atoms with E-state index in [1.807, 2.05) is 26.1 Å². The minimum atomic E-state index is -0.183. The highest BCUT2D eigenvalue weighted by molar-refractivity contribution is 5.47. The summed E-state index contributed by atoms with van der Waals surface area (Å²) >= 11 is 0. The molecule has 0 radical (unpaired) electrons. The lowest BCUT2D eigenvalue weighted by atomic mass is 10.1. The second-order valence-corrected chi connectivity index (χ2v) is 6.40. The van der Waals surface area contributed by atoms with Gasteiger partial charge in [0.05, 0.1) is 18.4 Å². The Morgan fingerprint density at radius 3 is 2.79 bits per heavy atom. The van der Waals surface area contributed by atoms with Crippen LogP contribution in [0.2, 0.25) is 0 Å². The Labute approximate surface area is 142 Å². The second-order valence-electron chi connectivity index (χ2n) is 6.40. The molecule has 130 valence electrons. The van der Waals surface area contributed by atoms with Crippen LogP contribution in [0, 0.1) is 18.7 Å². The molecule has 1 unspecified atom stereocenters. The van der Waals surface area contributed by atoms with Crippen LogP contribution in [-0.2, 0) is 13.6 Å². The number of aromatic nitrogens is 2. The highest BCUT2D eigenvalue weighted by Crippen LogP contribution is 2.24. The van der Waals surface area contributed by atoms with Crippen molar-refractivity contribution in [3.63, 3.8) is 0 Å². The maximum atomic E-state index is 13.0. The van der Waals surface area contributed by atoms with Gasteiger partial charge in [0, 0.05) is 38.9 Å². The molecule has 2 aromatic rings. The van der Waals surface area contributed by atoms with Crippen molar-refractivity contribution in [1.29, 1.82) is 0 Å². The molecule has 1 aromatic carbocycles. The van der Waals surface area contributed by atoms with Crippen molar-refractivity contribution in [3.8, 4) is 5.88 Å². The Balaban J connectivity index is 1.51. The molecule has 0 amide bonds. The van der Waals surface area contributed by atoms with Gasteiger partial charge in [0.25, 0.3) is 0 Å². The van der Waals surface area contributed by atoms with E-state index in [4.69, 9.17) is 4.74 Å². The van der Waals surface area contributed by atoms with Gasteiger partial charge in [-0.25, -0.2) is 9.07 Å². The lowest BCUT2D eigenvalue weighted by Crippen LogP contribution is -2.26. The van der Waals surface area contributed by atoms with Gasteiger partial charge in [-0.05, 0) is 43.5 Å². The summed E-state index contributed by atoms with van der Waals surface area (Å²) in [6.45, 7) is 5.74. The zero-order valence-electron chi connectivity index (χ0n) is 14.6. The minimum Gasteiger partial charge on any atom is -0.481 e. The highest BCUT2D eigenvalue weighted by atomic mass is 19.1. The lowest BCUT2D eigenvalue weighted by Gasteiger charge is -2.19. The third-order valence-electron chi connectivity index (χ3n) is 4.69. The van der Waals surface area contributed by atoms with Gasteiger partial charge in [0.2, 0.25) is 5.88 Å². The molecule has 0 aliphatic carbocycles. The molecule has 0 bridgehead atoms. The molecule has 6 heteroatoms. The number of aryl methyl sites for hydroxylation is 2. The fourth-order valence-corrected chi connectivity index (χ4v) is 3.43. The van der Waals surface area contributed by atoms with Gasteiger partial charge in [0.15, 0.2) is 0 Å². The average molecular weight is 332 g/mol. The monoisotopic (exact) mass is 332 g/mol. The van der Waals surface area contributed by atoms with Crippen LogP contribution in [0.1, 0.15) is 17.7 Å². The van der Waals surface area contributed by atoms with E-state index < -0.39 is 0 Å². The van der Waals surface area contributed by atoms with Crippen molar-refractivity contribution in [3.05, 3.63) is 41.3 Å².